The van der Waals surface area contributed by atoms with E-state index >= 15 is 0 Å². The van der Waals surface area contributed by atoms with E-state index < -0.39 is 11.8 Å². The summed E-state index contributed by atoms with van der Waals surface area (Å²) in [5.41, 5.74) is 0.660. The van der Waals surface area contributed by atoms with Crippen molar-refractivity contribution >= 4 is 11.5 Å². The Kier molecular flexibility index (Phi) is 2.83. The molecule has 0 aromatic carbocycles. The number of anilines is 1. The van der Waals surface area contributed by atoms with Gasteiger partial charge in [0.1, 0.15) is 18.0 Å². The van der Waals surface area contributed by atoms with Crippen molar-refractivity contribution in [3.63, 3.8) is 0 Å². The third-order valence-corrected chi connectivity index (χ3v) is 3.66. The highest BCUT2D eigenvalue weighted by atomic mass is 19.3. The van der Waals surface area contributed by atoms with E-state index in [0.717, 1.165) is 5.82 Å². The third-order valence-electron chi connectivity index (χ3n) is 3.66. The predicted octanol–water partition coefficient (Wildman–Crippen LogP) is 2.28. The second kappa shape index (κ2) is 4.40. The maximum Gasteiger partial charge on any atom is 0.252 e. The van der Waals surface area contributed by atoms with Gasteiger partial charge in [0.25, 0.3) is 5.92 Å². The molecule has 0 saturated heterocycles. The van der Waals surface area contributed by atoms with Crippen molar-refractivity contribution in [2.45, 2.75) is 32.1 Å². The van der Waals surface area contributed by atoms with E-state index in [2.05, 4.69) is 20.5 Å². The van der Waals surface area contributed by atoms with Crippen molar-refractivity contribution in [2.24, 2.45) is 5.92 Å². The molecule has 1 aliphatic carbocycles. The minimum atomic E-state index is -2.55. The highest BCUT2D eigenvalue weighted by molar-refractivity contribution is 5.49. The first kappa shape index (κ1) is 12.3. The van der Waals surface area contributed by atoms with Gasteiger partial charge >= 0.3 is 0 Å². The van der Waals surface area contributed by atoms with Gasteiger partial charge in [-0.2, -0.15) is 0 Å². The van der Waals surface area contributed by atoms with Crippen LogP contribution in [0.4, 0.5) is 14.6 Å². The summed E-state index contributed by atoms with van der Waals surface area (Å²) in [6.07, 6.45) is 2.72. The van der Waals surface area contributed by atoms with Gasteiger partial charge in [0.2, 0.25) is 0 Å². The molecule has 102 valence electrons. The number of fused-ring (bicyclic) bond motifs is 1. The van der Waals surface area contributed by atoms with Gasteiger partial charge in [-0.1, -0.05) is 0 Å². The van der Waals surface area contributed by atoms with Crippen LogP contribution >= 0.6 is 0 Å². The summed E-state index contributed by atoms with van der Waals surface area (Å²) >= 11 is 0. The zero-order chi connectivity index (χ0) is 13.5. The third kappa shape index (κ3) is 2.24. The minimum absolute atomic E-state index is 0.00494. The molecule has 2 aromatic rings. The predicted molar refractivity (Wildman–Crippen MR) is 66.3 cm³/mol. The van der Waals surface area contributed by atoms with Crippen molar-refractivity contribution in [2.75, 3.05) is 11.9 Å². The van der Waals surface area contributed by atoms with E-state index in [0.29, 0.717) is 24.3 Å². The topological polar surface area (TPSA) is 55.1 Å². The van der Waals surface area contributed by atoms with Gasteiger partial charge in [0.05, 0.1) is 0 Å². The van der Waals surface area contributed by atoms with Crippen LogP contribution < -0.4 is 5.32 Å². The highest BCUT2D eigenvalue weighted by Gasteiger charge is 2.43. The number of rotatable bonds is 3. The summed E-state index contributed by atoms with van der Waals surface area (Å²) in [6, 6.07) is 1.72. The Labute approximate surface area is 109 Å². The fourth-order valence-electron chi connectivity index (χ4n) is 2.54. The first-order valence-electron chi connectivity index (χ1n) is 6.35. The van der Waals surface area contributed by atoms with Crippen LogP contribution in [0.5, 0.6) is 0 Å². The lowest BCUT2D eigenvalue weighted by Gasteiger charge is -2.19. The second-order valence-electron chi connectivity index (χ2n) is 4.98. The zero-order valence-electron chi connectivity index (χ0n) is 10.6. The average molecular weight is 267 g/mol. The Bertz CT molecular complexity index is 595. The number of aromatic nitrogens is 4. The summed E-state index contributed by atoms with van der Waals surface area (Å²) in [6.45, 7) is 2.06. The summed E-state index contributed by atoms with van der Waals surface area (Å²) in [5, 5.41) is 10.7. The molecule has 0 radical (unpaired) electrons. The Hall–Kier alpha value is -1.79. The molecule has 1 unspecified atom stereocenters. The summed E-state index contributed by atoms with van der Waals surface area (Å²) in [4.78, 5) is 4.31. The molecular formula is C12H15F2N5. The van der Waals surface area contributed by atoms with E-state index in [9.17, 15) is 8.78 Å². The molecule has 1 fully saturated rings. The molecule has 2 heterocycles. The van der Waals surface area contributed by atoms with Gasteiger partial charge < -0.3 is 5.32 Å². The van der Waals surface area contributed by atoms with Crippen molar-refractivity contribution in [1.82, 2.24) is 19.6 Å². The maximum absolute atomic E-state index is 13.5. The van der Waals surface area contributed by atoms with Crippen LogP contribution in [0.25, 0.3) is 5.65 Å². The number of hydrogen-bond acceptors (Lipinski definition) is 4. The van der Waals surface area contributed by atoms with Crippen LogP contribution in [0.1, 0.15) is 25.1 Å². The van der Waals surface area contributed by atoms with Crippen molar-refractivity contribution in [1.29, 1.82) is 0 Å². The zero-order valence-corrected chi connectivity index (χ0v) is 10.6. The maximum atomic E-state index is 13.5. The van der Waals surface area contributed by atoms with Crippen LogP contribution in [0.2, 0.25) is 0 Å². The lowest BCUT2D eigenvalue weighted by atomic mass is 10.1. The van der Waals surface area contributed by atoms with Crippen LogP contribution in [0.15, 0.2) is 12.4 Å². The van der Waals surface area contributed by atoms with E-state index in [4.69, 9.17) is 0 Å². The van der Waals surface area contributed by atoms with E-state index in [1.54, 1.807) is 16.8 Å². The largest absolute Gasteiger partial charge is 0.369 e. The second-order valence-corrected chi connectivity index (χ2v) is 4.98. The van der Waals surface area contributed by atoms with Crippen LogP contribution in [0.3, 0.4) is 0 Å². The molecule has 0 amide bonds. The first-order chi connectivity index (χ1) is 9.06. The van der Waals surface area contributed by atoms with Crippen molar-refractivity contribution in [3.05, 3.63) is 18.2 Å². The first-order valence-corrected chi connectivity index (χ1v) is 6.35. The van der Waals surface area contributed by atoms with Crippen molar-refractivity contribution in [3.8, 4) is 0 Å². The number of alkyl halides is 2. The fraction of sp³-hybridized carbons (Fsp3) is 0.583. The molecule has 3 rings (SSSR count). The van der Waals surface area contributed by atoms with Gasteiger partial charge in [0.15, 0.2) is 5.65 Å². The highest BCUT2D eigenvalue weighted by Crippen LogP contribution is 2.40. The van der Waals surface area contributed by atoms with Crippen LogP contribution in [0, 0.1) is 12.8 Å². The van der Waals surface area contributed by atoms with Crippen LogP contribution in [-0.2, 0) is 0 Å². The van der Waals surface area contributed by atoms with E-state index in [1.165, 1.54) is 0 Å². The van der Waals surface area contributed by atoms with E-state index in [-0.39, 0.29) is 13.0 Å². The van der Waals surface area contributed by atoms with Gasteiger partial charge in [0, 0.05) is 24.9 Å². The molecular weight excluding hydrogens is 252 g/mol. The lowest BCUT2D eigenvalue weighted by Crippen LogP contribution is -2.28. The van der Waals surface area contributed by atoms with Gasteiger partial charge in [-0.3, -0.25) is 4.40 Å². The SMILES string of the molecule is Cc1nc(NCC2CCCC2(F)F)cc2nncn12. The van der Waals surface area contributed by atoms with Gasteiger partial charge in [-0.05, 0) is 19.8 Å². The lowest BCUT2D eigenvalue weighted by molar-refractivity contribution is -0.0318. The Morgan fingerprint density at radius 3 is 3.11 bits per heavy atom. The molecule has 5 nitrogen and oxygen atoms in total. The molecule has 1 aliphatic rings. The monoisotopic (exact) mass is 267 g/mol. The number of aryl methyl sites for hydroxylation is 1. The Morgan fingerprint density at radius 1 is 1.53 bits per heavy atom. The molecule has 1 atom stereocenters. The average Bonchev–Trinajstić information content (AvgIpc) is 2.93. The molecule has 0 bridgehead atoms. The number of nitrogens with zero attached hydrogens (tertiary/aromatic N) is 4. The Balaban J connectivity index is 1.75. The van der Waals surface area contributed by atoms with Gasteiger partial charge in [-0.25, -0.2) is 13.8 Å². The number of hydrogen-bond donors (Lipinski definition) is 1. The fourth-order valence-corrected chi connectivity index (χ4v) is 2.54. The van der Waals surface area contributed by atoms with Crippen LogP contribution in [-0.4, -0.2) is 32.0 Å². The quantitative estimate of drug-likeness (QED) is 0.927. The number of nitrogens with one attached hydrogen (secondary N) is 1. The minimum Gasteiger partial charge on any atom is -0.369 e. The summed E-state index contributed by atoms with van der Waals surface area (Å²) in [7, 11) is 0. The molecule has 0 aliphatic heterocycles. The Morgan fingerprint density at radius 2 is 2.37 bits per heavy atom. The molecule has 1 N–H and O–H groups in total. The summed E-state index contributed by atoms with van der Waals surface area (Å²) in [5.74, 6) is -1.87. The molecule has 2 aromatic heterocycles. The molecule has 7 heteroatoms. The smallest absolute Gasteiger partial charge is 0.252 e. The summed E-state index contributed by atoms with van der Waals surface area (Å²) < 4.78 is 28.8. The standard InChI is InChI=1S/C12H15F2N5/c1-8-17-10(5-11-18-16-7-19(8)11)15-6-9-3-2-4-12(9,13)14/h5,7,9,15H,2-4,6H2,1H3. The molecule has 19 heavy (non-hydrogen) atoms. The van der Waals surface area contributed by atoms with E-state index in [1.807, 2.05) is 6.92 Å². The molecule has 0 spiro atoms. The number of halogens is 2. The van der Waals surface area contributed by atoms with Crippen molar-refractivity contribution < 1.29 is 8.78 Å². The molecule has 1 saturated carbocycles. The normalized spacial score (nSPS) is 21.9. The van der Waals surface area contributed by atoms with Gasteiger partial charge in [-0.15, -0.1) is 10.2 Å².